The first-order chi connectivity index (χ1) is 22.4. The summed E-state index contributed by atoms with van der Waals surface area (Å²) in [7, 11) is -2.11. The molecule has 0 bridgehead atoms. The molecular formula is C33H49N9O3Si2. The first-order valence-electron chi connectivity index (χ1n) is 16.0. The van der Waals surface area contributed by atoms with E-state index in [0.717, 1.165) is 48.0 Å². The standard InChI is InChI=1S/C21H29N5O2Si.C12H20N4OSi/c1-29(2,3)14-13-28-16-26-12-10-18-20(26)23-15-19(24-18)25-21(27)22-11-9-17-7-5-4-6-8-17;1-18(2,3)7-6-17-9-16-5-4-10-12(16)14-8-11(13)15-10/h4-8,10,12,15H,9,11,13-14,16H2,1-3H3,(H2,22,24,25,27);4-5,8H,6-7,9H2,1-3H3,(H2,13,15). The summed E-state index contributed by atoms with van der Waals surface area (Å²) in [5.41, 5.74) is 9.87. The fourth-order valence-corrected chi connectivity index (χ4v) is 5.93. The van der Waals surface area contributed by atoms with E-state index < -0.39 is 16.1 Å². The van der Waals surface area contributed by atoms with Crippen molar-refractivity contribution >= 4 is 56.1 Å². The van der Waals surface area contributed by atoms with Gasteiger partial charge in [-0.3, -0.25) is 5.32 Å². The quantitative estimate of drug-likeness (QED) is 0.0901. The van der Waals surface area contributed by atoms with Crippen LogP contribution in [0.15, 0.2) is 67.3 Å². The Morgan fingerprint density at radius 2 is 1.34 bits per heavy atom. The second kappa shape index (κ2) is 16.6. The second-order valence-corrected chi connectivity index (χ2v) is 25.1. The molecule has 47 heavy (non-hydrogen) atoms. The molecule has 0 saturated carbocycles. The number of urea groups is 1. The van der Waals surface area contributed by atoms with Gasteiger partial charge in [-0.05, 0) is 36.2 Å². The molecule has 0 radical (unpaired) electrons. The molecule has 4 heterocycles. The number of amides is 2. The normalized spacial score (nSPS) is 11.8. The molecule has 0 unspecified atom stereocenters. The van der Waals surface area contributed by atoms with Gasteiger partial charge in [0.2, 0.25) is 0 Å². The molecule has 1 aromatic carbocycles. The molecule has 0 fully saturated rings. The van der Waals surface area contributed by atoms with Crippen molar-refractivity contribution in [3.63, 3.8) is 0 Å². The van der Waals surface area contributed by atoms with Gasteiger partial charge in [0.15, 0.2) is 17.1 Å². The molecule has 0 atom stereocenters. The third-order valence-corrected chi connectivity index (χ3v) is 10.6. The minimum absolute atomic E-state index is 0.288. The molecule has 0 aliphatic carbocycles. The minimum atomic E-state index is -1.09. The van der Waals surface area contributed by atoms with Gasteiger partial charge in [-0.2, -0.15) is 0 Å². The van der Waals surface area contributed by atoms with E-state index in [-0.39, 0.29) is 6.03 Å². The molecule has 252 valence electrons. The van der Waals surface area contributed by atoms with Crippen molar-refractivity contribution < 1.29 is 14.3 Å². The number of aromatic nitrogens is 6. The van der Waals surface area contributed by atoms with Gasteiger partial charge < -0.3 is 29.7 Å². The fraction of sp³-hybridized carbons (Fsp3) is 0.424. The average molecular weight is 676 g/mol. The number of nitrogen functional groups attached to an aromatic ring is 1. The van der Waals surface area contributed by atoms with E-state index in [2.05, 4.69) is 69.9 Å². The van der Waals surface area contributed by atoms with Crippen LogP contribution in [0.3, 0.4) is 0 Å². The molecule has 0 spiro atoms. The number of anilines is 2. The lowest BCUT2D eigenvalue weighted by Gasteiger charge is -2.15. The van der Waals surface area contributed by atoms with Crippen molar-refractivity contribution in [3.8, 4) is 0 Å². The maximum Gasteiger partial charge on any atom is 0.320 e. The fourth-order valence-electron chi connectivity index (χ4n) is 4.41. The Morgan fingerprint density at radius 1 is 0.787 bits per heavy atom. The van der Waals surface area contributed by atoms with Crippen molar-refractivity contribution in [1.29, 1.82) is 0 Å². The SMILES string of the molecule is C[Si](C)(C)CCOCn1ccc2nc(N)cnc21.C[Si](C)(C)CCOCn1ccc2nc(NC(=O)NCCc3ccccc3)cnc21. The summed E-state index contributed by atoms with van der Waals surface area (Å²) >= 11 is 0. The third-order valence-electron chi connectivity index (χ3n) is 7.18. The number of nitrogens with one attached hydrogen (secondary N) is 2. The van der Waals surface area contributed by atoms with Crippen LogP contribution in [0.1, 0.15) is 5.56 Å². The predicted octanol–water partition coefficient (Wildman–Crippen LogP) is 6.43. The highest BCUT2D eigenvalue weighted by Gasteiger charge is 2.14. The van der Waals surface area contributed by atoms with Crippen LogP contribution in [0.5, 0.6) is 0 Å². The first-order valence-corrected chi connectivity index (χ1v) is 23.4. The Hall–Kier alpha value is -4.12. The maximum atomic E-state index is 12.1. The Bertz CT molecular complexity index is 1710. The van der Waals surface area contributed by atoms with Crippen LogP contribution >= 0.6 is 0 Å². The largest absolute Gasteiger partial charge is 0.382 e. The predicted molar refractivity (Wildman–Crippen MR) is 195 cm³/mol. The zero-order chi connectivity index (χ0) is 33.9. The van der Waals surface area contributed by atoms with Gasteiger partial charge in [0.05, 0.1) is 12.4 Å². The summed E-state index contributed by atoms with van der Waals surface area (Å²) in [6.45, 7) is 17.1. The van der Waals surface area contributed by atoms with Crippen LogP contribution in [0.25, 0.3) is 22.3 Å². The van der Waals surface area contributed by atoms with Gasteiger partial charge in [0.25, 0.3) is 0 Å². The summed E-state index contributed by atoms with van der Waals surface area (Å²) in [6.07, 6.45) is 7.75. The molecule has 5 rings (SSSR count). The number of rotatable bonds is 14. The number of nitrogens with two attached hydrogens (primary N) is 1. The molecule has 5 aromatic rings. The van der Waals surface area contributed by atoms with E-state index in [1.54, 1.807) is 12.4 Å². The van der Waals surface area contributed by atoms with E-state index in [9.17, 15) is 4.79 Å². The van der Waals surface area contributed by atoms with Crippen molar-refractivity contribution in [2.24, 2.45) is 0 Å². The lowest BCUT2D eigenvalue weighted by Crippen LogP contribution is -2.30. The molecule has 0 aliphatic heterocycles. The lowest BCUT2D eigenvalue weighted by atomic mass is 10.1. The van der Waals surface area contributed by atoms with Crippen LogP contribution in [-0.2, 0) is 29.4 Å². The smallest absolute Gasteiger partial charge is 0.320 e. The molecule has 4 aromatic heterocycles. The van der Waals surface area contributed by atoms with Gasteiger partial charge in [-0.1, -0.05) is 69.6 Å². The summed E-state index contributed by atoms with van der Waals surface area (Å²) in [5, 5.41) is 5.58. The van der Waals surface area contributed by atoms with E-state index >= 15 is 0 Å². The number of fused-ring (bicyclic) bond motifs is 2. The van der Waals surface area contributed by atoms with E-state index in [1.165, 1.54) is 11.6 Å². The molecule has 0 aliphatic rings. The van der Waals surface area contributed by atoms with Crippen LogP contribution in [0.4, 0.5) is 16.4 Å². The zero-order valence-corrected chi connectivity index (χ0v) is 30.5. The summed E-state index contributed by atoms with van der Waals surface area (Å²) in [6, 6.07) is 15.8. The number of benzene rings is 1. The highest BCUT2D eigenvalue weighted by Crippen LogP contribution is 2.15. The van der Waals surface area contributed by atoms with Crippen molar-refractivity contribution in [2.75, 3.05) is 30.8 Å². The number of carbonyl (C=O) groups is 1. The monoisotopic (exact) mass is 675 g/mol. The maximum absolute atomic E-state index is 12.1. The summed E-state index contributed by atoms with van der Waals surface area (Å²) < 4.78 is 15.4. The average Bonchev–Trinajstić information content (AvgIpc) is 3.60. The Labute approximate surface area is 279 Å². The Kier molecular flexibility index (Phi) is 12.6. The minimum Gasteiger partial charge on any atom is -0.382 e. The Balaban J connectivity index is 0.000000238. The first kappa shape index (κ1) is 35.7. The van der Waals surface area contributed by atoms with Crippen molar-refractivity contribution in [1.82, 2.24) is 34.4 Å². The van der Waals surface area contributed by atoms with Crippen molar-refractivity contribution in [3.05, 3.63) is 72.8 Å². The molecule has 12 nitrogen and oxygen atoms in total. The van der Waals surface area contributed by atoms with Gasteiger partial charge >= 0.3 is 6.03 Å². The highest BCUT2D eigenvalue weighted by atomic mass is 28.3. The van der Waals surface area contributed by atoms with Crippen LogP contribution < -0.4 is 16.4 Å². The van der Waals surface area contributed by atoms with E-state index in [4.69, 9.17) is 15.2 Å². The van der Waals surface area contributed by atoms with E-state index in [0.29, 0.717) is 31.6 Å². The number of hydrogen-bond donors (Lipinski definition) is 3. The zero-order valence-electron chi connectivity index (χ0n) is 28.5. The van der Waals surface area contributed by atoms with Crippen LogP contribution in [0.2, 0.25) is 51.4 Å². The van der Waals surface area contributed by atoms with Gasteiger partial charge in [-0.25, -0.2) is 24.7 Å². The number of nitrogens with zero attached hydrogens (tertiary/aromatic N) is 6. The number of ether oxygens (including phenoxy) is 2. The molecular weight excluding hydrogens is 627 g/mol. The van der Waals surface area contributed by atoms with E-state index in [1.807, 2.05) is 64.0 Å². The molecule has 4 N–H and O–H groups in total. The van der Waals surface area contributed by atoms with Crippen LogP contribution in [-0.4, -0.2) is 71.0 Å². The second-order valence-electron chi connectivity index (χ2n) is 13.9. The molecule has 0 saturated heterocycles. The lowest BCUT2D eigenvalue weighted by molar-refractivity contribution is 0.0898. The molecule has 2 amide bonds. The third kappa shape index (κ3) is 12.2. The summed E-state index contributed by atoms with van der Waals surface area (Å²) in [5.74, 6) is 0.868. The topological polar surface area (TPSA) is 147 Å². The van der Waals surface area contributed by atoms with Crippen molar-refractivity contribution in [2.45, 2.75) is 71.3 Å². The van der Waals surface area contributed by atoms with Gasteiger partial charge in [0, 0.05) is 48.3 Å². The van der Waals surface area contributed by atoms with Gasteiger partial charge in [-0.15, -0.1) is 0 Å². The Morgan fingerprint density at radius 3 is 1.91 bits per heavy atom. The van der Waals surface area contributed by atoms with Gasteiger partial charge in [0.1, 0.15) is 30.3 Å². The number of hydrogen-bond acceptors (Lipinski definition) is 8. The van der Waals surface area contributed by atoms with Crippen LogP contribution in [0, 0.1) is 0 Å². The highest BCUT2D eigenvalue weighted by molar-refractivity contribution is 6.76. The molecule has 14 heteroatoms. The number of carbonyl (C=O) groups excluding carboxylic acids is 1. The summed E-state index contributed by atoms with van der Waals surface area (Å²) in [4.78, 5) is 29.5.